The molecule has 5 unspecified atom stereocenters. The molecule has 0 aromatic heterocycles. The van der Waals surface area contributed by atoms with E-state index in [2.05, 4.69) is 22.6 Å². The van der Waals surface area contributed by atoms with Crippen LogP contribution in [0.2, 0.25) is 0 Å². The van der Waals surface area contributed by atoms with Crippen LogP contribution in [0.15, 0.2) is 0 Å². The van der Waals surface area contributed by atoms with Gasteiger partial charge in [-0.25, -0.2) is 0 Å². The van der Waals surface area contributed by atoms with E-state index in [-0.39, 0.29) is 3.92 Å². The molecule has 100 valence electrons. The number of carbonyl (C=O) groups excluding carboxylic acids is 3. The molecule has 18 heavy (non-hydrogen) atoms. The third-order valence-corrected chi connectivity index (χ3v) is 4.73. The van der Waals surface area contributed by atoms with E-state index >= 15 is 0 Å². The number of hydrogen-bond donors (Lipinski definition) is 0. The van der Waals surface area contributed by atoms with Crippen molar-refractivity contribution in [2.24, 2.45) is 17.8 Å². The van der Waals surface area contributed by atoms with Gasteiger partial charge in [-0.2, -0.15) is 0 Å². The summed E-state index contributed by atoms with van der Waals surface area (Å²) in [6.07, 6.45) is -0.0293. The van der Waals surface area contributed by atoms with Gasteiger partial charge in [-0.15, -0.1) is 0 Å². The van der Waals surface area contributed by atoms with Crippen LogP contribution >= 0.6 is 22.6 Å². The quantitative estimate of drug-likeness (QED) is 0.302. The van der Waals surface area contributed by atoms with Gasteiger partial charge in [0.2, 0.25) is 0 Å². The summed E-state index contributed by atoms with van der Waals surface area (Å²) in [4.78, 5) is 35.3. The van der Waals surface area contributed by atoms with Gasteiger partial charge in [-0.3, -0.25) is 14.4 Å². The molecular weight excluding hydrogens is 355 g/mol. The maximum absolute atomic E-state index is 11.8. The van der Waals surface area contributed by atoms with E-state index < -0.39 is 41.8 Å². The summed E-state index contributed by atoms with van der Waals surface area (Å²) in [7, 11) is 2.53. The summed E-state index contributed by atoms with van der Waals surface area (Å²) in [5.74, 6) is -3.61. The van der Waals surface area contributed by atoms with Gasteiger partial charge in [-0.05, 0) is 6.42 Å². The summed E-state index contributed by atoms with van der Waals surface area (Å²) < 4.78 is 14.5. The summed E-state index contributed by atoms with van der Waals surface area (Å²) in [6, 6.07) is 0. The first-order chi connectivity index (χ1) is 8.51. The molecule has 0 N–H and O–H groups in total. The summed E-state index contributed by atoms with van der Waals surface area (Å²) >= 11 is 2.09. The molecule has 5 atom stereocenters. The zero-order chi connectivity index (χ0) is 13.4. The highest BCUT2D eigenvalue weighted by atomic mass is 127. The van der Waals surface area contributed by atoms with Crippen LogP contribution in [0.25, 0.3) is 0 Å². The second kappa shape index (κ2) is 5.02. The van der Waals surface area contributed by atoms with Gasteiger partial charge in [0.1, 0.15) is 12.0 Å². The molecule has 1 saturated carbocycles. The first-order valence-electron chi connectivity index (χ1n) is 5.51. The largest absolute Gasteiger partial charge is 0.469 e. The Labute approximate surface area is 117 Å². The first-order valence-corrected chi connectivity index (χ1v) is 6.76. The Kier molecular flexibility index (Phi) is 3.79. The first kappa shape index (κ1) is 13.6. The lowest BCUT2D eigenvalue weighted by Gasteiger charge is -2.32. The summed E-state index contributed by atoms with van der Waals surface area (Å²) in [6.45, 7) is 0. The Bertz CT molecular complexity index is 395. The standard InChI is InChI=1S/C11H13IO6/c1-16-9(13)4-3-5(12)8-7(10(14)17-2)6(4)11(15)18-8/h4-8H,3H2,1-2H3. The predicted octanol–water partition coefficient (Wildman–Crippen LogP) is 0.314. The lowest BCUT2D eigenvalue weighted by molar-refractivity contribution is -0.157. The molecule has 0 radical (unpaired) electrons. The van der Waals surface area contributed by atoms with Crippen LogP contribution in [0, 0.1) is 17.8 Å². The van der Waals surface area contributed by atoms with Crippen LogP contribution in [-0.4, -0.2) is 42.2 Å². The highest BCUT2D eigenvalue weighted by molar-refractivity contribution is 14.1. The molecule has 2 bridgehead atoms. The molecule has 1 aliphatic carbocycles. The maximum Gasteiger partial charge on any atom is 0.313 e. The topological polar surface area (TPSA) is 78.9 Å². The minimum atomic E-state index is -0.777. The highest BCUT2D eigenvalue weighted by Gasteiger charge is 2.60. The van der Waals surface area contributed by atoms with Crippen molar-refractivity contribution in [3.05, 3.63) is 0 Å². The normalized spacial score (nSPS) is 37.9. The zero-order valence-electron chi connectivity index (χ0n) is 9.92. The van der Waals surface area contributed by atoms with Gasteiger partial charge in [0.15, 0.2) is 0 Å². The second-order valence-corrected chi connectivity index (χ2v) is 5.96. The Morgan fingerprint density at radius 2 is 1.89 bits per heavy atom. The fraction of sp³-hybridized carbons (Fsp3) is 0.727. The van der Waals surface area contributed by atoms with Gasteiger partial charge in [-0.1, -0.05) is 22.6 Å². The van der Waals surface area contributed by atoms with Crippen LogP contribution in [0.4, 0.5) is 0 Å². The third kappa shape index (κ3) is 1.98. The Morgan fingerprint density at radius 1 is 1.28 bits per heavy atom. The highest BCUT2D eigenvalue weighted by Crippen LogP contribution is 2.46. The summed E-state index contributed by atoms with van der Waals surface area (Å²) in [5, 5.41) is 0. The van der Waals surface area contributed by atoms with E-state index in [4.69, 9.17) is 14.2 Å². The monoisotopic (exact) mass is 368 g/mol. The predicted molar refractivity (Wildman–Crippen MR) is 66.8 cm³/mol. The zero-order valence-corrected chi connectivity index (χ0v) is 12.1. The average molecular weight is 368 g/mol. The van der Waals surface area contributed by atoms with Gasteiger partial charge in [0.05, 0.1) is 26.1 Å². The van der Waals surface area contributed by atoms with E-state index in [0.717, 1.165) is 0 Å². The fourth-order valence-electron chi connectivity index (χ4n) is 2.68. The lowest BCUT2D eigenvalue weighted by Crippen LogP contribution is -2.46. The SMILES string of the molecule is COC(=O)C1CC(I)C2OC(=O)C1C2C(=O)OC. The van der Waals surface area contributed by atoms with E-state index in [1.807, 2.05) is 0 Å². The van der Waals surface area contributed by atoms with Crippen molar-refractivity contribution in [2.45, 2.75) is 16.4 Å². The molecular formula is C11H13IO6. The second-order valence-electron chi connectivity index (χ2n) is 4.36. The minimum absolute atomic E-state index is 0.0986. The van der Waals surface area contributed by atoms with E-state index in [0.29, 0.717) is 6.42 Å². The van der Waals surface area contributed by atoms with E-state index in [1.165, 1.54) is 14.2 Å². The Morgan fingerprint density at radius 3 is 2.44 bits per heavy atom. The van der Waals surface area contributed by atoms with Crippen LogP contribution in [-0.2, 0) is 28.6 Å². The van der Waals surface area contributed by atoms with Crippen molar-refractivity contribution in [1.82, 2.24) is 0 Å². The van der Waals surface area contributed by atoms with Crippen LogP contribution in [0.1, 0.15) is 6.42 Å². The van der Waals surface area contributed by atoms with Crippen molar-refractivity contribution in [3.8, 4) is 0 Å². The van der Waals surface area contributed by atoms with Gasteiger partial charge in [0, 0.05) is 3.92 Å². The van der Waals surface area contributed by atoms with Gasteiger partial charge in [0.25, 0.3) is 0 Å². The van der Waals surface area contributed by atoms with Crippen LogP contribution < -0.4 is 0 Å². The molecule has 0 amide bonds. The number of fused-ring (bicyclic) bond motifs is 2. The Balaban J connectivity index is 2.35. The van der Waals surface area contributed by atoms with E-state index in [1.54, 1.807) is 0 Å². The summed E-state index contributed by atoms with van der Waals surface area (Å²) in [5.41, 5.74) is 0. The minimum Gasteiger partial charge on any atom is -0.469 e. The number of carbonyl (C=O) groups is 3. The average Bonchev–Trinajstić information content (AvgIpc) is 2.65. The number of hydrogen-bond acceptors (Lipinski definition) is 6. The number of rotatable bonds is 2. The molecule has 1 heterocycles. The molecule has 7 heteroatoms. The molecule has 2 rings (SSSR count). The molecule has 0 aromatic rings. The molecule has 0 spiro atoms. The number of methoxy groups -OCH3 is 2. The maximum atomic E-state index is 11.8. The number of esters is 3. The van der Waals surface area contributed by atoms with Crippen molar-refractivity contribution in [2.75, 3.05) is 14.2 Å². The number of halogens is 1. The smallest absolute Gasteiger partial charge is 0.313 e. The third-order valence-electron chi connectivity index (χ3n) is 3.51. The van der Waals surface area contributed by atoms with Crippen molar-refractivity contribution >= 4 is 40.5 Å². The molecule has 1 aliphatic heterocycles. The van der Waals surface area contributed by atoms with Gasteiger partial charge < -0.3 is 14.2 Å². The molecule has 2 aliphatic rings. The molecule has 6 nitrogen and oxygen atoms in total. The Hall–Kier alpha value is -0.860. The molecule has 2 fully saturated rings. The van der Waals surface area contributed by atoms with Crippen molar-refractivity contribution in [1.29, 1.82) is 0 Å². The number of ether oxygens (including phenoxy) is 3. The van der Waals surface area contributed by atoms with E-state index in [9.17, 15) is 14.4 Å². The van der Waals surface area contributed by atoms with Crippen LogP contribution in [0.3, 0.4) is 0 Å². The number of alkyl halides is 1. The molecule has 1 saturated heterocycles. The van der Waals surface area contributed by atoms with Crippen molar-refractivity contribution in [3.63, 3.8) is 0 Å². The fourth-order valence-corrected chi connectivity index (χ4v) is 3.83. The van der Waals surface area contributed by atoms with Crippen molar-refractivity contribution < 1.29 is 28.6 Å². The van der Waals surface area contributed by atoms with Gasteiger partial charge >= 0.3 is 17.9 Å². The lowest BCUT2D eigenvalue weighted by atomic mass is 9.72. The molecule has 0 aromatic carbocycles. The van der Waals surface area contributed by atoms with Crippen LogP contribution in [0.5, 0.6) is 0 Å².